The number of esters is 1. The maximum absolute atomic E-state index is 12.2. The molecular weight excluding hydrogens is 496 g/mol. The van der Waals surface area contributed by atoms with Crippen LogP contribution >= 0.6 is 0 Å². The van der Waals surface area contributed by atoms with Crippen molar-refractivity contribution in [2.24, 2.45) is 10.8 Å². The summed E-state index contributed by atoms with van der Waals surface area (Å²) in [7, 11) is 0. The summed E-state index contributed by atoms with van der Waals surface area (Å²) in [5.74, 6) is 0.919. The second-order valence-corrected chi connectivity index (χ2v) is 11.4. The largest absolute Gasteiger partial charge is 0.494 e. The highest BCUT2D eigenvalue weighted by atomic mass is 16.5. The quantitative estimate of drug-likeness (QED) is 0.225. The van der Waals surface area contributed by atoms with Crippen molar-refractivity contribution in [2.75, 3.05) is 6.61 Å². The number of hydrogen-bond donors (Lipinski definition) is 0. The van der Waals surface area contributed by atoms with Gasteiger partial charge >= 0.3 is 5.97 Å². The van der Waals surface area contributed by atoms with Gasteiger partial charge in [-0.05, 0) is 70.2 Å². The predicted octanol–water partition coefficient (Wildman–Crippen LogP) is 9.18. The molecule has 0 saturated carbocycles. The average molecular weight is 547 g/mol. The van der Waals surface area contributed by atoms with E-state index in [1.165, 1.54) is 11.1 Å². The lowest BCUT2D eigenvalue weighted by molar-refractivity contribution is -0.156. The Labute approximate surface area is 243 Å². The molecule has 0 bridgehead atoms. The minimum absolute atomic E-state index is 0.0885. The van der Waals surface area contributed by atoms with Crippen LogP contribution in [-0.4, -0.2) is 18.4 Å². The van der Waals surface area contributed by atoms with Crippen molar-refractivity contribution in [2.45, 2.75) is 87.7 Å². The summed E-state index contributed by atoms with van der Waals surface area (Å²) in [4.78, 5) is 23.1. The number of carbonyl (C=O) groups is 2. The molecule has 4 heteroatoms. The molecule has 0 saturated heterocycles. The highest BCUT2D eigenvalue weighted by Crippen LogP contribution is 2.24. The number of carbonyl (C=O) groups excluding carboxylic acids is 2. The maximum atomic E-state index is 12.2. The molecule has 0 fully saturated rings. The summed E-state index contributed by atoms with van der Waals surface area (Å²) in [5, 5.41) is 0. The minimum atomic E-state index is -0.570. The van der Waals surface area contributed by atoms with Gasteiger partial charge in [0.2, 0.25) is 0 Å². The Morgan fingerprint density at radius 1 is 0.700 bits per heavy atom. The van der Waals surface area contributed by atoms with Crippen molar-refractivity contribution in [3.05, 3.63) is 102 Å². The molecule has 0 atom stereocenters. The second-order valence-electron chi connectivity index (χ2n) is 11.4. The third kappa shape index (κ3) is 14.1. The smallest absolute Gasteiger partial charge is 0.311 e. The van der Waals surface area contributed by atoms with Crippen LogP contribution in [0.1, 0.15) is 84.4 Å². The molecule has 0 amide bonds. The molecule has 3 aromatic carbocycles. The van der Waals surface area contributed by atoms with Crippen LogP contribution < -0.4 is 4.74 Å². The van der Waals surface area contributed by atoms with E-state index in [1.807, 2.05) is 95.3 Å². The molecule has 218 valence electrons. The molecule has 0 aromatic heterocycles. The highest BCUT2D eigenvalue weighted by Gasteiger charge is 2.29. The number of ketones is 1. The van der Waals surface area contributed by atoms with Gasteiger partial charge in [-0.3, -0.25) is 9.59 Å². The van der Waals surface area contributed by atoms with Crippen molar-refractivity contribution in [1.29, 1.82) is 0 Å². The molecule has 4 nitrogen and oxygen atoms in total. The SMILES string of the molecule is CCCC(C)(C)C(C)=O.CCc1ccccc1.Cc1ccc(OCCC(C)(C)C(=O)OCc2ccccc2)cc1. The number of aryl methyl sites for hydroxylation is 2. The highest BCUT2D eigenvalue weighted by molar-refractivity contribution is 5.81. The Morgan fingerprint density at radius 3 is 1.65 bits per heavy atom. The first-order valence-corrected chi connectivity index (χ1v) is 14.4. The molecular formula is C36H50O4. The Morgan fingerprint density at radius 2 is 1.23 bits per heavy atom. The van der Waals surface area contributed by atoms with Crippen molar-refractivity contribution >= 4 is 11.8 Å². The minimum Gasteiger partial charge on any atom is -0.494 e. The van der Waals surface area contributed by atoms with Crippen molar-refractivity contribution in [3.8, 4) is 5.75 Å². The first-order chi connectivity index (χ1) is 18.9. The van der Waals surface area contributed by atoms with Crippen LogP contribution in [0.15, 0.2) is 84.9 Å². The van der Waals surface area contributed by atoms with Crippen LogP contribution in [0.25, 0.3) is 0 Å². The summed E-state index contributed by atoms with van der Waals surface area (Å²) in [6, 6.07) is 28.1. The van der Waals surface area contributed by atoms with Gasteiger partial charge in [-0.15, -0.1) is 0 Å². The summed E-state index contributed by atoms with van der Waals surface area (Å²) in [6.07, 6.45) is 3.84. The van der Waals surface area contributed by atoms with Crippen LogP contribution in [0, 0.1) is 17.8 Å². The summed E-state index contributed by atoms with van der Waals surface area (Å²) in [6.45, 7) is 16.5. The van der Waals surface area contributed by atoms with E-state index >= 15 is 0 Å². The van der Waals surface area contributed by atoms with E-state index < -0.39 is 5.41 Å². The zero-order valence-electron chi connectivity index (χ0n) is 26.0. The summed E-state index contributed by atoms with van der Waals surface area (Å²) >= 11 is 0. The van der Waals surface area contributed by atoms with E-state index in [9.17, 15) is 9.59 Å². The maximum Gasteiger partial charge on any atom is 0.311 e. The Bertz CT molecular complexity index is 1100. The number of Topliss-reactive ketones (excluding diaryl/α,β-unsaturated/α-hetero) is 1. The number of rotatable bonds is 11. The zero-order valence-corrected chi connectivity index (χ0v) is 26.0. The van der Waals surface area contributed by atoms with Gasteiger partial charge in [0.1, 0.15) is 18.1 Å². The van der Waals surface area contributed by atoms with Crippen molar-refractivity contribution < 1.29 is 19.1 Å². The zero-order chi connectivity index (χ0) is 30.0. The van der Waals surface area contributed by atoms with Gasteiger partial charge in [-0.25, -0.2) is 0 Å². The fraction of sp³-hybridized carbons (Fsp3) is 0.444. The number of ether oxygens (including phenoxy) is 2. The van der Waals surface area contributed by atoms with Crippen LogP contribution in [0.4, 0.5) is 0 Å². The van der Waals surface area contributed by atoms with E-state index in [0.717, 1.165) is 30.6 Å². The standard InChI is InChI=1S/C20H24O3.C8H16O.C8H10/c1-16-9-11-18(12-10-16)22-14-13-20(2,3)19(21)23-15-17-7-5-4-6-8-17;1-5-6-8(3,4)7(2)9;1-2-8-6-4-3-5-7-8/h4-12H,13-15H2,1-3H3;5-6H2,1-4H3;3-7H,2H2,1H3. The first-order valence-electron chi connectivity index (χ1n) is 14.4. The van der Waals surface area contributed by atoms with E-state index in [4.69, 9.17) is 9.47 Å². The lowest BCUT2D eigenvalue weighted by Gasteiger charge is -2.22. The molecule has 0 aliphatic carbocycles. The average Bonchev–Trinajstić information content (AvgIpc) is 2.94. The monoisotopic (exact) mass is 546 g/mol. The molecule has 0 aliphatic heterocycles. The Kier molecular flexibility index (Phi) is 15.6. The van der Waals surface area contributed by atoms with E-state index in [2.05, 4.69) is 38.1 Å². The molecule has 0 radical (unpaired) electrons. The molecule has 0 spiro atoms. The molecule has 0 heterocycles. The Hall–Kier alpha value is -3.40. The van der Waals surface area contributed by atoms with Gasteiger partial charge in [-0.2, -0.15) is 0 Å². The predicted molar refractivity (Wildman–Crippen MR) is 166 cm³/mol. The molecule has 3 rings (SSSR count). The van der Waals surface area contributed by atoms with Gasteiger partial charge in [0.05, 0.1) is 12.0 Å². The fourth-order valence-corrected chi connectivity index (χ4v) is 3.59. The summed E-state index contributed by atoms with van der Waals surface area (Å²) in [5.41, 5.74) is 2.94. The lowest BCUT2D eigenvalue weighted by Crippen LogP contribution is -2.28. The van der Waals surface area contributed by atoms with Crippen LogP contribution in [-0.2, 0) is 27.4 Å². The van der Waals surface area contributed by atoms with Crippen LogP contribution in [0.2, 0.25) is 0 Å². The van der Waals surface area contributed by atoms with E-state index in [-0.39, 0.29) is 11.4 Å². The lowest BCUT2D eigenvalue weighted by atomic mass is 9.84. The molecule has 3 aromatic rings. The van der Waals surface area contributed by atoms with Crippen LogP contribution in [0.5, 0.6) is 5.75 Å². The third-order valence-corrected chi connectivity index (χ3v) is 6.86. The Balaban J connectivity index is 0.000000384. The molecule has 0 aliphatic rings. The van der Waals surface area contributed by atoms with Gasteiger partial charge in [0.25, 0.3) is 0 Å². The molecule has 0 N–H and O–H groups in total. The molecule has 40 heavy (non-hydrogen) atoms. The van der Waals surface area contributed by atoms with Gasteiger partial charge in [-0.1, -0.05) is 112 Å². The van der Waals surface area contributed by atoms with Crippen molar-refractivity contribution in [3.63, 3.8) is 0 Å². The first kappa shape index (κ1) is 34.6. The number of benzene rings is 3. The van der Waals surface area contributed by atoms with Crippen LogP contribution in [0.3, 0.4) is 0 Å². The van der Waals surface area contributed by atoms with Gasteiger partial charge < -0.3 is 9.47 Å². The second kappa shape index (κ2) is 18.0. The van der Waals surface area contributed by atoms with Crippen molar-refractivity contribution in [1.82, 2.24) is 0 Å². The van der Waals surface area contributed by atoms with Gasteiger partial charge in [0, 0.05) is 5.41 Å². The van der Waals surface area contributed by atoms with E-state index in [1.54, 1.807) is 6.92 Å². The third-order valence-electron chi connectivity index (χ3n) is 6.86. The normalized spacial score (nSPS) is 10.8. The summed E-state index contributed by atoms with van der Waals surface area (Å²) < 4.78 is 11.1. The number of hydrogen-bond acceptors (Lipinski definition) is 4. The van der Waals surface area contributed by atoms with Gasteiger partial charge in [0.15, 0.2) is 0 Å². The fourth-order valence-electron chi connectivity index (χ4n) is 3.59. The topological polar surface area (TPSA) is 52.6 Å². The van der Waals surface area contributed by atoms with E-state index in [0.29, 0.717) is 25.4 Å². The molecule has 0 unspecified atom stereocenters.